The number of carbonyl (C=O) groups is 4. The number of morpholine rings is 1. The molecule has 1 aliphatic heterocycles. The van der Waals surface area contributed by atoms with E-state index >= 15 is 0 Å². The zero-order chi connectivity index (χ0) is 24.1. The van der Waals surface area contributed by atoms with Crippen molar-refractivity contribution >= 4 is 42.2 Å². The molecule has 3 N–H and O–H groups in total. The Morgan fingerprint density at radius 2 is 1.56 bits per heavy atom. The van der Waals surface area contributed by atoms with Crippen molar-refractivity contribution in [1.82, 2.24) is 20.9 Å². The van der Waals surface area contributed by atoms with Gasteiger partial charge in [-0.15, -0.1) is 18.5 Å². The highest BCUT2D eigenvalue weighted by molar-refractivity contribution is 7.16. The van der Waals surface area contributed by atoms with Gasteiger partial charge in [0.05, 0.1) is 26.9 Å². The van der Waals surface area contributed by atoms with E-state index in [1.165, 1.54) is 7.11 Å². The van der Waals surface area contributed by atoms with Crippen molar-refractivity contribution in [2.24, 2.45) is 5.92 Å². The van der Waals surface area contributed by atoms with Gasteiger partial charge in [0.25, 0.3) is 0 Å². The molecule has 0 aliphatic carbocycles. The first kappa shape index (κ1) is 28.7. The van der Waals surface area contributed by atoms with Gasteiger partial charge >= 0.3 is 5.97 Å². The van der Waals surface area contributed by atoms with Crippen LogP contribution in [0.25, 0.3) is 0 Å². The molecule has 0 aromatic heterocycles. The van der Waals surface area contributed by atoms with Gasteiger partial charge in [-0.25, -0.2) is 4.79 Å². The lowest BCUT2D eigenvalue weighted by Crippen LogP contribution is -2.57. The summed E-state index contributed by atoms with van der Waals surface area (Å²) in [6, 6.07) is -2.42. The van der Waals surface area contributed by atoms with Crippen LogP contribution in [0.2, 0.25) is 0 Å². The lowest BCUT2D eigenvalue weighted by molar-refractivity contribution is -0.144. The number of hydrogen-bond donors (Lipinski definition) is 3. The molecule has 0 saturated carbocycles. The molecule has 1 saturated heterocycles. The first-order valence-corrected chi connectivity index (χ1v) is 12.5. The van der Waals surface area contributed by atoms with Crippen LogP contribution in [0.1, 0.15) is 26.7 Å². The Balaban J connectivity index is 2.78. The highest BCUT2D eigenvalue weighted by atomic mass is 31.0. The zero-order valence-electron chi connectivity index (χ0n) is 19.2. The summed E-state index contributed by atoms with van der Waals surface area (Å²) in [5.74, 6) is -1.57. The van der Waals surface area contributed by atoms with Gasteiger partial charge in [0.2, 0.25) is 17.7 Å². The third-order valence-electron chi connectivity index (χ3n) is 4.96. The van der Waals surface area contributed by atoms with Crippen LogP contribution in [0.3, 0.4) is 0 Å². The van der Waals surface area contributed by atoms with Gasteiger partial charge in [-0.3, -0.25) is 19.3 Å². The fourth-order valence-corrected chi connectivity index (χ4v) is 3.89. The summed E-state index contributed by atoms with van der Waals surface area (Å²) in [4.78, 5) is 52.0. The summed E-state index contributed by atoms with van der Waals surface area (Å²) >= 11 is 0. The van der Waals surface area contributed by atoms with Crippen molar-refractivity contribution in [3.63, 3.8) is 0 Å². The molecule has 2 unspecified atom stereocenters. The summed E-state index contributed by atoms with van der Waals surface area (Å²) in [5, 5.41) is 8.18. The van der Waals surface area contributed by atoms with Crippen LogP contribution in [-0.4, -0.2) is 99.0 Å². The fourth-order valence-electron chi connectivity index (χ4n) is 3.24. The summed E-state index contributed by atoms with van der Waals surface area (Å²) in [6.07, 6.45) is 1.69. The largest absolute Gasteiger partial charge is 0.467 e. The molecule has 1 rings (SSSR count). The van der Waals surface area contributed by atoms with Gasteiger partial charge in [-0.2, -0.15) is 0 Å². The summed E-state index contributed by atoms with van der Waals surface area (Å²) in [7, 11) is 6.19. The van der Waals surface area contributed by atoms with E-state index < -0.39 is 35.9 Å². The maximum Gasteiger partial charge on any atom is 0.328 e. The van der Waals surface area contributed by atoms with Crippen LogP contribution < -0.4 is 16.0 Å². The van der Waals surface area contributed by atoms with E-state index in [-0.39, 0.29) is 24.5 Å². The molecule has 0 bridgehead atoms. The van der Waals surface area contributed by atoms with Gasteiger partial charge in [0.15, 0.2) is 0 Å². The standard InChI is InChI=1S/C20H38N4O6P2/c1-13(2)10-15(19(27)23-16(12-32)20(28)29-3)22-18(26)14(4-9-31)21-17(25)11-24-5-7-30-8-6-24/h13-16H,4-12,31-32H2,1-3H3,(H,21,25)(H,22,26)(H,23,27)/t14-,15-,16-/m0/s1. The Bertz CT molecular complexity index is 631. The molecule has 1 fully saturated rings. The van der Waals surface area contributed by atoms with Crippen LogP contribution in [0.4, 0.5) is 0 Å². The lowest BCUT2D eigenvalue weighted by Gasteiger charge is -2.28. The van der Waals surface area contributed by atoms with Gasteiger partial charge in [-0.05, 0) is 31.1 Å². The third-order valence-corrected chi connectivity index (χ3v) is 5.76. The topological polar surface area (TPSA) is 126 Å². The number of amides is 3. The Kier molecular flexibility index (Phi) is 13.9. The molecule has 12 heteroatoms. The van der Waals surface area contributed by atoms with E-state index in [9.17, 15) is 19.2 Å². The summed E-state index contributed by atoms with van der Waals surface area (Å²) in [5.41, 5.74) is 0. The number of nitrogens with zero attached hydrogens (tertiary/aromatic N) is 1. The highest BCUT2D eigenvalue weighted by Gasteiger charge is 2.30. The smallest absolute Gasteiger partial charge is 0.328 e. The van der Waals surface area contributed by atoms with Crippen molar-refractivity contribution in [2.75, 3.05) is 52.3 Å². The van der Waals surface area contributed by atoms with Gasteiger partial charge in [0.1, 0.15) is 18.1 Å². The second kappa shape index (κ2) is 15.5. The molecule has 1 heterocycles. The van der Waals surface area contributed by atoms with Crippen molar-refractivity contribution in [1.29, 1.82) is 0 Å². The SMILES string of the molecule is COC(=O)[C@H](CP)NC(=O)[C@H](CC(C)C)NC(=O)[C@H](CCP)NC(=O)CN1CCOCC1. The van der Waals surface area contributed by atoms with Crippen LogP contribution in [-0.2, 0) is 28.7 Å². The van der Waals surface area contributed by atoms with E-state index in [0.717, 1.165) is 0 Å². The van der Waals surface area contributed by atoms with Gasteiger partial charge in [0, 0.05) is 13.1 Å². The predicted octanol–water partition coefficient (Wildman–Crippen LogP) is -0.868. The van der Waals surface area contributed by atoms with Crippen LogP contribution in [0.15, 0.2) is 0 Å². The molecule has 0 spiro atoms. The third kappa shape index (κ3) is 10.5. The van der Waals surface area contributed by atoms with E-state index in [0.29, 0.717) is 45.3 Å². The second-order valence-corrected chi connectivity index (χ2v) is 9.15. The Labute approximate surface area is 195 Å². The normalized spacial score (nSPS) is 17.2. The molecule has 3 amide bonds. The van der Waals surface area contributed by atoms with Crippen molar-refractivity contribution in [3.8, 4) is 0 Å². The molecule has 0 aromatic rings. The average Bonchev–Trinajstić information content (AvgIpc) is 2.76. The van der Waals surface area contributed by atoms with Gasteiger partial charge < -0.3 is 25.4 Å². The number of carbonyl (C=O) groups excluding carboxylic acids is 4. The zero-order valence-corrected chi connectivity index (χ0v) is 21.5. The van der Waals surface area contributed by atoms with Crippen molar-refractivity contribution < 1.29 is 28.7 Å². The fraction of sp³-hybridized carbons (Fsp3) is 0.800. The molecular formula is C20H38N4O6P2. The molecular weight excluding hydrogens is 454 g/mol. The Hall–Kier alpha value is -1.34. The highest BCUT2D eigenvalue weighted by Crippen LogP contribution is 2.08. The van der Waals surface area contributed by atoms with E-state index in [1.807, 2.05) is 18.7 Å². The summed E-state index contributed by atoms with van der Waals surface area (Å²) in [6.45, 7) is 6.56. The Morgan fingerprint density at radius 3 is 2.09 bits per heavy atom. The first-order valence-electron chi connectivity index (χ1n) is 10.9. The summed E-state index contributed by atoms with van der Waals surface area (Å²) < 4.78 is 9.99. The number of methoxy groups -OCH3 is 1. The maximum atomic E-state index is 13.0. The minimum absolute atomic E-state index is 0.120. The molecule has 0 aromatic carbocycles. The maximum absolute atomic E-state index is 13.0. The number of rotatable bonds is 13. The number of esters is 1. The van der Waals surface area contributed by atoms with Crippen LogP contribution in [0.5, 0.6) is 0 Å². The molecule has 1 aliphatic rings. The van der Waals surface area contributed by atoms with Crippen molar-refractivity contribution in [2.45, 2.75) is 44.8 Å². The molecule has 0 radical (unpaired) electrons. The monoisotopic (exact) mass is 492 g/mol. The quantitative estimate of drug-likeness (QED) is 0.226. The number of nitrogens with one attached hydrogen (secondary N) is 3. The van der Waals surface area contributed by atoms with Crippen molar-refractivity contribution in [3.05, 3.63) is 0 Å². The van der Waals surface area contributed by atoms with E-state index in [2.05, 4.69) is 34.4 Å². The Morgan fingerprint density at radius 1 is 0.969 bits per heavy atom. The van der Waals surface area contributed by atoms with Gasteiger partial charge in [-0.1, -0.05) is 13.8 Å². The number of hydrogen-bond acceptors (Lipinski definition) is 7. The molecule has 10 nitrogen and oxygen atoms in total. The lowest BCUT2D eigenvalue weighted by atomic mass is 10.0. The minimum atomic E-state index is -0.839. The molecule has 184 valence electrons. The minimum Gasteiger partial charge on any atom is -0.467 e. The average molecular weight is 492 g/mol. The second-order valence-electron chi connectivity index (χ2n) is 8.10. The molecule has 32 heavy (non-hydrogen) atoms. The van der Waals surface area contributed by atoms with E-state index in [1.54, 1.807) is 0 Å². The van der Waals surface area contributed by atoms with E-state index in [4.69, 9.17) is 9.47 Å². The predicted molar refractivity (Wildman–Crippen MR) is 128 cm³/mol. The van der Waals surface area contributed by atoms with Crippen LogP contribution in [0, 0.1) is 5.92 Å². The number of ether oxygens (including phenoxy) is 2. The first-order chi connectivity index (χ1) is 15.2. The molecule has 5 atom stereocenters. The van der Waals surface area contributed by atoms with Crippen LogP contribution >= 0.6 is 18.5 Å².